The fourth-order valence-electron chi connectivity index (χ4n) is 3.30. The maximum Gasteiger partial charge on any atom is 0.322 e. The molecule has 1 aromatic carbocycles. The average molecular weight is 416 g/mol. The summed E-state index contributed by atoms with van der Waals surface area (Å²) < 4.78 is 30.1. The van der Waals surface area contributed by atoms with Crippen molar-refractivity contribution in [2.24, 2.45) is 0 Å². The minimum absolute atomic E-state index is 0.0344. The van der Waals surface area contributed by atoms with E-state index in [-0.39, 0.29) is 11.9 Å². The number of nitrogens with zero attached hydrogens (tertiary/aromatic N) is 2. The Kier molecular flexibility index (Phi) is 5.78. The number of H-pyrrole nitrogens is 1. The molecule has 2 atom stereocenters. The average Bonchev–Trinajstić information content (AvgIpc) is 3.27. The molecule has 0 bridgehead atoms. The van der Waals surface area contributed by atoms with Crippen LogP contribution in [0.4, 0.5) is 0 Å². The second kappa shape index (κ2) is 8.31. The molecule has 1 aliphatic heterocycles. The van der Waals surface area contributed by atoms with Gasteiger partial charge in [0.25, 0.3) is 0 Å². The number of fused-ring (bicyclic) bond motifs is 1. The molecule has 0 amide bonds. The van der Waals surface area contributed by atoms with Crippen LogP contribution in [0.15, 0.2) is 41.7 Å². The quantitative estimate of drug-likeness (QED) is 0.594. The second-order valence-electron chi connectivity index (χ2n) is 7.52. The monoisotopic (exact) mass is 415 g/mol. The summed E-state index contributed by atoms with van der Waals surface area (Å²) >= 11 is -1.32. The predicted molar refractivity (Wildman–Crippen MR) is 110 cm³/mol. The topological polar surface area (TPSA) is 92.3 Å². The van der Waals surface area contributed by atoms with E-state index in [1.165, 1.54) is 0 Å². The summed E-state index contributed by atoms with van der Waals surface area (Å²) in [5, 5.41) is 0.458. The van der Waals surface area contributed by atoms with Crippen molar-refractivity contribution >= 4 is 22.2 Å². The van der Waals surface area contributed by atoms with Crippen LogP contribution >= 0.6 is 0 Å². The van der Waals surface area contributed by atoms with Crippen molar-refractivity contribution in [3.05, 3.63) is 47.8 Å². The van der Waals surface area contributed by atoms with Gasteiger partial charge in [-0.05, 0) is 39.0 Å². The molecule has 0 aliphatic carbocycles. The number of ether oxygens (including phenoxy) is 3. The summed E-state index contributed by atoms with van der Waals surface area (Å²) in [7, 11) is 0. The molecule has 3 heterocycles. The molecule has 0 saturated carbocycles. The molecule has 0 spiro atoms. The number of pyridine rings is 1. The number of hydrogen-bond donors (Lipinski definition) is 1. The molecule has 3 aromatic rings. The van der Waals surface area contributed by atoms with Crippen LogP contribution in [-0.2, 0) is 26.4 Å². The maximum absolute atomic E-state index is 12.8. The number of para-hydroxylation sites is 2. The molecule has 2 aromatic heterocycles. The van der Waals surface area contributed by atoms with Gasteiger partial charge in [0, 0.05) is 29.4 Å². The van der Waals surface area contributed by atoms with Crippen LogP contribution in [0.2, 0.25) is 0 Å². The van der Waals surface area contributed by atoms with Crippen LogP contribution in [0.5, 0.6) is 5.75 Å². The van der Waals surface area contributed by atoms with Crippen molar-refractivity contribution in [3.63, 3.8) is 0 Å². The summed E-state index contributed by atoms with van der Waals surface area (Å²) in [6.45, 7) is 6.85. The van der Waals surface area contributed by atoms with E-state index in [1.54, 1.807) is 6.20 Å². The largest absolute Gasteiger partial charge is 0.609 e. The zero-order chi connectivity index (χ0) is 20.4. The van der Waals surface area contributed by atoms with Crippen LogP contribution < -0.4 is 4.74 Å². The lowest BCUT2D eigenvalue weighted by Gasteiger charge is -2.17. The summed E-state index contributed by atoms with van der Waals surface area (Å²) in [5.74, 6) is 0.497. The number of hydrogen-bond acceptors (Lipinski definition) is 6. The van der Waals surface area contributed by atoms with Gasteiger partial charge in [-0.2, -0.15) is 4.98 Å². The summed E-state index contributed by atoms with van der Waals surface area (Å²) in [6.07, 6.45) is 2.46. The molecular weight excluding hydrogens is 390 g/mol. The van der Waals surface area contributed by atoms with Gasteiger partial charge in [-0.25, -0.2) is 0 Å². The highest BCUT2D eigenvalue weighted by Crippen LogP contribution is 2.26. The first-order chi connectivity index (χ1) is 13.9. The molecule has 1 N–H and O–H groups in total. The van der Waals surface area contributed by atoms with Gasteiger partial charge in [0.2, 0.25) is 0 Å². The second-order valence-corrected chi connectivity index (χ2v) is 8.88. The van der Waals surface area contributed by atoms with Gasteiger partial charge in [-0.3, -0.25) is 9.97 Å². The van der Waals surface area contributed by atoms with Gasteiger partial charge < -0.3 is 18.8 Å². The molecular formula is C21H25N3O4S. The Morgan fingerprint density at radius 1 is 1.31 bits per heavy atom. The SMILES string of the molecule is Cc1c(OCC[C@H]2COC(C)(C)O2)ccnc1C[S+]([O-])c1nc2ccccc2[nH]1. The highest BCUT2D eigenvalue weighted by atomic mass is 32.2. The zero-order valence-corrected chi connectivity index (χ0v) is 17.6. The highest BCUT2D eigenvalue weighted by Gasteiger charge is 2.32. The third-order valence-corrected chi connectivity index (χ3v) is 6.03. The van der Waals surface area contributed by atoms with Gasteiger partial charge in [0.1, 0.15) is 5.75 Å². The smallest absolute Gasteiger partial charge is 0.322 e. The van der Waals surface area contributed by atoms with Crippen LogP contribution in [0.1, 0.15) is 31.5 Å². The van der Waals surface area contributed by atoms with Crippen molar-refractivity contribution in [2.45, 2.75) is 50.0 Å². The van der Waals surface area contributed by atoms with Crippen LogP contribution in [0.25, 0.3) is 11.0 Å². The van der Waals surface area contributed by atoms with Crippen molar-refractivity contribution in [2.75, 3.05) is 13.2 Å². The van der Waals surface area contributed by atoms with Crippen molar-refractivity contribution < 1.29 is 18.8 Å². The summed E-state index contributed by atoms with van der Waals surface area (Å²) in [5.41, 5.74) is 3.31. The molecule has 1 unspecified atom stereocenters. The van der Waals surface area contributed by atoms with Gasteiger partial charge in [-0.15, -0.1) is 0 Å². The van der Waals surface area contributed by atoms with Gasteiger partial charge >= 0.3 is 5.16 Å². The molecule has 29 heavy (non-hydrogen) atoms. The molecule has 1 fully saturated rings. The molecule has 8 heteroatoms. The van der Waals surface area contributed by atoms with Gasteiger partial charge in [-0.1, -0.05) is 12.1 Å². The fraction of sp³-hybridized carbons (Fsp3) is 0.429. The van der Waals surface area contributed by atoms with E-state index in [0.29, 0.717) is 18.4 Å². The Bertz CT molecular complexity index is 958. The van der Waals surface area contributed by atoms with E-state index in [4.69, 9.17) is 14.2 Å². The van der Waals surface area contributed by atoms with Crippen LogP contribution in [-0.4, -0.2) is 44.6 Å². The Morgan fingerprint density at radius 2 is 2.14 bits per heavy atom. The molecule has 1 saturated heterocycles. The standard InChI is InChI=1S/C21H25N3O4S/c1-14-18(13-29(25)20-23-16-6-4-5-7-17(16)24-20)22-10-8-19(14)26-11-9-15-12-27-21(2,3)28-15/h4-8,10,15H,9,11-13H2,1-3H3,(H,23,24)/t15-,29?/m0/s1. The number of rotatable bonds is 7. The fourth-order valence-corrected chi connectivity index (χ4v) is 4.40. The molecule has 0 radical (unpaired) electrons. The minimum atomic E-state index is -1.32. The van der Waals surface area contributed by atoms with Crippen LogP contribution in [0, 0.1) is 6.92 Å². The molecule has 7 nitrogen and oxygen atoms in total. The lowest BCUT2D eigenvalue weighted by Crippen LogP contribution is -2.22. The number of aromatic nitrogens is 3. The maximum atomic E-state index is 12.8. The predicted octanol–water partition coefficient (Wildman–Crippen LogP) is 3.49. The van der Waals surface area contributed by atoms with E-state index in [2.05, 4.69) is 15.0 Å². The van der Waals surface area contributed by atoms with Gasteiger partial charge in [0.05, 0.1) is 36.0 Å². The van der Waals surface area contributed by atoms with Crippen molar-refractivity contribution in [1.29, 1.82) is 0 Å². The zero-order valence-electron chi connectivity index (χ0n) is 16.8. The first-order valence-corrected chi connectivity index (χ1v) is 11.0. The summed E-state index contributed by atoms with van der Waals surface area (Å²) in [6, 6.07) is 9.47. The molecule has 1 aliphatic rings. The third kappa shape index (κ3) is 4.72. The minimum Gasteiger partial charge on any atom is -0.609 e. The normalized spacial score (nSPS) is 19.5. The molecule has 4 rings (SSSR count). The Balaban J connectivity index is 1.38. The summed E-state index contributed by atoms with van der Waals surface area (Å²) in [4.78, 5) is 12.0. The van der Waals surface area contributed by atoms with E-state index in [0.717, 1.165) is 34.5 Å². The van der Waals surface area contributed by atoms with Crippen molar-refractivity contribution in [1.82, 2.24) is 15.0 Å². The number of nitrogens with one attached hydrogen (secondary N) is 1. The third-order valence-electron chi connectivity index (χ3n) is 4.87. The van der Waals surface area contributed by atoms with Crippen molar-refractivity contribution in [3.8, 4) is 5.75 Å². The number of benzene rings is 1. The Morgan fingerprint density at radius 3 is 2.90 bits per heavy atom. The van der Waals surface area contributed by atoms with E-state index < -0.39 is 17.0 Å². The van der Waals surface area contributed by atoms with E-state index in [1.807, 2.05) is 51.1 Å². The van der Waals surface area contributed by atoms with E-state index in [9.17, 15) is 4.55 Å². The van der Waals surface area contributed by atoms with Crippen LogP contribution in [0.3, 0.4) is 0 Å². The number of aromatic amines is 1. The van der Waals surface area contributed by atoms with Gasteiger partial charge in [0.15, 0.2) is 11.5 Å². The molecule has 154 valence electrons. The first kappa shape index (κ1) is 20.2. The number of imidazole rings is 1. The Hall–Kier alpha value is -2.13. The highest BCUT2D eigenvalue weighted by molar-refractivity contribution is 7.90. The Labute approximate surface area is 173 Å². The van der Waals surface area contributed by atoms with E-state index >= 15 is 0 Å². The lowest BCUT2D eigenvalue weighted by atomic mass is 10.2. The first-order valence-electron chi connectivity index (χ1n) is 9.63. The lowest BCUT2D eigenvalue weighted by molar-refractivity contribution is -0.139.